The third-order valence-corrected chi connectivity index (χ3v) is 3.34. The van der Waals surface area contributed by atoms with Gasteiger partial charge in [-0.1, -0.05) is 35.7 Å². The zero-order valence-corrected chi connectivity index (χ0v) is 12.9. The fourth-order valence-corrected chi connectivity index (χ4v) is 2.26. The van der Waals surface area contributed by atoms with Crippen molar-refractivity contribution in [2.45, 2.75) is 32.2 Å². The van der Waals surface area contributed by atoms with Crippen LogP contribution in [0.3, 0.4) is 0 Å². The lowest BCUT2D eigenvalue weighted by Crippen LogP contribution is -2.40. The molecule has 0 aliphatic rings. The lowest BCUT2D eigenvalue weighted by atomic mass is 10.1. The quantitative estimate of drug-likeness (QED) is 0.587. The predicted octanol–water partition coefficient (Wildman–Crippen LogP) is 2.60. The molecule has 1 amide bonds. The van der Waals surface area contributed by atoms with Crippen LogP contribution in [0.2, 0.25) is 0 Å². The Balaban J connectivity index is 2.83. The molecular formula is C13H18BrN3O3. The number of benzene rings is 1. The monoisotopic (exact) mass is 343 g/mol. The first-order chi connectivity index (χ1) is 9.47. The van der Waals surface area contributed by atoms with Crippen LogP contribution < -0.4 is 11.1 Å². The van der Waals surface area contributed by atoms with E-state index in [4.69, 9.17) is 5.73 Å². The zero-order chi connectivity index (χ0) is 15.1. The summed E-state index contributed by atoms with van der Waals surface area (Å²) in [5.41, 5.74) is 5.74. The number of nitro benzene ring substituents is 1. The Kier molecular flexibility index (Phi) is 6.60. The van der Waals surface area contributed by atoms with E-state index < -0.39 is 4.92 Å². The van der Waals surface area contributed by atoms with Crippen LogP contribution in [0.25, 0.3) is 0 Å². The fourth-order valence-electron chi connectivity index (χ4n) is 1.78. The van der Waals surface area contributed by atoms with E-state index in [1.54, 1.807) is 6.07 Å². The molecule has 0 aromatic heterocycles. The summed E-state index contributed by atoms with van der Waals surface area (Å²) >= 11 is 3.17. The molecule has 1 unspecified atom stereocenters. The van der Waals surface area contributed by atoms with Crippen LogP contribution in [-0.2, 0) is 0 Å². The number of nitro groups is 1. The third kappa shape index (κ3) is 4.90. The molecule has 1 rings (SSSR count). The maximum atomic E-state index is 12.1. The van der Waals surface area contributed by atoms with E-state index in [2.05, 4.69) is 28.2 Å². The highest BCUT2D eigenvalue weighted by molar-refractivity contribution is 9.10. The highest BCUT2D eigenvalue weighted by Gasteiger charge is 2.16. The summed E-state index contributed by atoms with van der Waals surface area (Å²) in [6.07, 6.45) is 2.80. The first-order valence-electron chi connectivity index (χ1n) is 6.43. The largest absolute Gasteiger partial charge is 0.348 e. The number of nitrogens with two attached hydrogens (primary N) is 1. The maximum absolute atomic E-state index is 12.1. The van der Waals surface area contributed by atoms with Crippen molar-refractivity contribution >= 4 is 27.5 Å². The molecule has 110 valence electrons. The van der Waals surface area contributed by atoms with Crippen LogP contribution >= 0.6 is 15.9 Å². The van der Waals surface area contributed by atoms with E-state index >= 15 is 0 Å². The van der Waals surface area contributed by atoms with Crippen molar-refractivity contribution in [1.29, 1.82) is 0 Å². The summed E-state index contributed by atoms with van der Waals surface area (Å²) in [7, 11) is 0. The number of nitrogens with one attached hydrogen (secondary N) is 1. The summed E-state index contributed by atoms with van der Waals surface area (Å²) in [4.78, 5) is 22.3. The van der Waals surface area contributed by atoms with Crippen molar-refractivity contribution in [1.82, 2.24) is 5.32 Å². The van der Waals surface area contributed by atoms with E-state index in [0.29, 0.717) is 11.0 Å². The van der Waals surface area contributed by atoms with Crippen LogP contribution in [0.4, 0.5) is 5.69 Å². The van der Waals surface area contributed by atoms with Crippen molar-refractivity contribution in [3.05, 3.63) is 38.3 Å². The Hall–Kier alpha value is -1.47. The summed E-state index contributed by atoms with van der Waals surface area (Å²) in [6, 6.07) is 4.05. The molecular weight excluding hydrogens is 326 g/mol. The van der Waals surface area contributed by atoms with Gasteiger partial charge in [-0.3, -0.25) is 14.9 Å². The molecule has 0 saturated carbocycles. The van der Waals surface area contributed by atoms with Gasteiger partial charge in [-0.2, -0.15) is 0 Å². The van der Waals surface area contributed by atoms with E-state index in [0.717, 1.165) is 19.3 Å². The molecule has 0 fully saturated rings. The molecule has 0 aliphatic heterocycles. The highest BCUT2D eigenvalue weighted by Crippen LogP contribution is 2.21. The topological polar surface area (TPSA) is 98.3 Å². The molecule has 20 heavy (non-hydrogen) atoms. The second-order valence-corrected chi connectivity index (χ2v) is 5.42. The molecule has 1 atom stereocenters. The summed E-state index contributed by atoms with van der Waals surface area (Å²) in [5, 5.41) is 13.6. The minimum absolute atomic E-state index is 0.111. The molecule has 6 nitrogen and oxygen atoms in total. The minimum Gasteiger partial charge on any atom is -0.348 e. The number of amides is 1. The summed E-state index contributed by atoms with van der Waals surface area (Å²) in [6.45, 7) is 2.41. The fraction of sp³-hybridized carbons (Fsp3) is 0.462. The van der Waals surface area contributed by atoms with Crippen molar-refractivity contribution in [3.63, 3.8) is 0 Å². The number of carbonyl (C=O) groups excluding carboxylic acids is 1. The molecule has 0 bridgehead atoms. The van der Waals surface area contributed by atoms with Gasteiger partial charge in [-0.15, -0.1) is 0 Å². The van der Waals surface area contributed by atoms with Gasteiger partial charge in [0.05, 0.1) is 4.92 Å². The molecule has 0 saturated heterocycles. The van der Waals surface area contributed by atoms with Crippen LogP contribution in [-0.4, -0.2) is 23.4 Å². The predicted molar refractivity (Wildman–Crippen MR) is 80.6 cm³/mol. The number of nitrogens with zero attached hydrogens (tertiary/aromatic N) is 1. The van der Waals surface area contributed by atoms with E-state index in [9.17, 15) is 14.9 Å². The Morgan fingerprint density at radius 1 is 1.50 bits per heavy atom. The van der Waals surface area contributed by atoms with Gasteiger partial charge in [0.1, 0.15) is 0 Å². The third-order valence-electron chi connectivity index (χ3n) is 2.88. The molecule has 0 heterocycles. The van der Waals surface area contributed by atoms with Crippen LogP contribution in [0.1, 0.15) is 36.5 Å². The lowest BCUT2D eigenvalue weighted by Gasteiger charge is -2.16. The van der Waals surface area contributed by atoms with Gasteiger partial charge in [-0.25, -0.2) is 0 Å². The van der Waals surface area contributed by atoms with Crippen LogP contribution in [0, 0.1) is 10.1 Å². The molecule has 0 aliphatic carbocycles. The average Bonchev–Trinajstić information content (AvgIpc) is 2.42. The van der Waals surface area contributed by atoms with Crippen molar-refractivity contribution in [3.8, 4) is 0 Å². The first kappa shape index (κ1) is 16.6. The maximum Gasteiger partial charge on any atom is 0.271 e. The number of hydrogen-bond donors (Lipinski definition) is 2. The van der Waals surface area contributed by atoms with Gasteiger partial charge in [0, 0.05) is 34.8 Å². The second kappa shape index (κ2) is 7.96. The number of halogens is 1. The molecule has 3 N–H and O–H groups in total. The van der Waals surface area contributed by atoms with Crippen molar-refractivity contribution < 1.29 is 9.72 Å². The molecule has 0 spiro atoms. The van der Waals surface area contributed by atoms with Crippen LogP contribution in [0.5, 0.6) is 0 Å². The zero-order valence-electron chi connectivity index (χ0n) is 11.3. The summed E-state index contributed by atoms with van der Waals surface area (Å²) < 4.78 is 0.495. The Labute approximate surface area is 126 Å². The average molecular weight is 344 g/mol. The van der Waals surface area contributed by atoms with E-state index in [-0.39, 0.29) is 23.2 Å². The Morgan fingerprint density at radius 2 is 2.20 bits per heavy atom. The number of hydrogen-bond acceptors (Lipinski definition) is 4. The molecule has 1 aromatic rings. The molecule has 0 radical (unpaired) electrons. The first-order valence-corrected chi connectivity index (χ1v) is 7.23. The number of carbonyl (C=O) groups is 1. The SMILES string of the molecule is CCCCC(CN)NC(=O)c1cc(Br)cc([N+](=O)[O-])c1. The highest BCUT2D eigenvalue weighted by atomic mass is 79.9. The number of rotatable bonds is 7. The normalized spacial score (nSPS) is 11.9. The van der Waals surface area contributed by atoms with Gasteiger partial charge in [-0.05, 0) is 12.5 Å². The van der Waals surface area contributed by atoms with Gasteiger partial charge >= 0.3 is 0 Å². The Morgan fingerprint density at radius 3 is 2.75 bits per heavy atom. The van der Waals surface area contributed by atoms with Crippen molar-refractivity contribution in [2.75, 3.05) is 6.54 Å². The molecule has 7 heteroatoms. The van der Waals surface area contributed by atoms with Gasteiger partial charge < -0.3 is 11.1 Å². The smallest absolute Gasteiger partial charge is 0.271 e. The minimum atomic E-state index is -0.529. The van der Waals surface area contributed by atoms with Gasteiger partial charge in [0.25, 0.3) is 11.6 Å². The van der Waals surface area contributed by atoms with Crippen molar-refractivity contribution in [2.24, 2.45) is 5.73 Å². The Bertz CT molecular complexity index is 494. The van der Waals surface area contributed by atoms with E-state index in [1.165, 1.54) is 12.1 Å². The lowest BCUT2D eigenvalue weighted by molar-refractivity contribution is -0.385. The van der Waals surface area contributed by atoms with Crippen LogP contribution in [0.15, 0.2) is 22.7 Å². The molecule has 1 aromatic carbocycles. The number of non-ortho nitro benzene ring substituents is 1. The van der Waals surface area contributed by atoms with Gasteiger partial charge in [0.2, 0.25) is 0 Å². The standard InChI is InChI=1S/C13H18BrN3O3/c1-2-3-4-11(8-15)16-13(18)9-5-10(14)7-12(6-9)17(19)20/h5-7,11H,2-4,8,15H2,1H3,(H,16,18). The second-order valence-electron chi connectivity index (χ2n) is 4.50. The summed E-state index contributed by atoms with van der Waals surface area (Å²) in [5.74, 6) is -0.346. The number of unbranched alkanes of at least 4 members (excludes halogenated alkanes) is 1. The van der Waals surface area contributed by atoms with E-state index in [1.807, 2.05) is 0 Å². The van der Waals surface area contributed by atoms with Gasteiger partial charge in [0.15, 0.2) is 0 Å².